The number of ether oxygens (including phenoxy) is 1. The van der Waals surface area contributed by atoms with Crippen molar-refractivity contribution >= 4 is 57.4 Å². The second-order valence-corrected chi connectivity index (χ2v) is 21.0. The zero-order chi connectivity index (χ0) is 50.4. The van der Waals surface area contributed by atoms with Crippen LogP contribution in [0.5, 0.6) is 0 Å². The number of carbonyl (C=O) groups is 4. The van der Waals surface area contributed by atoms with E-state index in [1.165, 1.54) is 19.2 Å². The smallest absolute Gasteiger partial charge is 0.407 e. The molecular formula is C53H68F2N10O6. The average molecular weight is 979 g/mol. The van der Waals surface area contributed by atoms with Crippen LogP contribution in [0.25, 0.3) is 22.1 Å². The molecule has 5 N–H and O–H groups in total. The molecule has 18 heteroatoms. The Kier molecular flexibility index (Phi) is 14.2. The van der Waals surface area contributed by atoms with Crippen LogP contribution in [0.3, 0.4) is 0 Å². The SMILES string of the molecule is COC(=O)N[C@H](C(=O)N1CCC[C@H]1c1nc2cc([C@H]3CC[C@H](c4ccc5[nH]c([C@@H]6CCCN6C(=O)[C@@H](NC(=O)O)C(C)C)nc5c4)N3c3cc(F)c(N4CCC(C(C)C)CC4)c(F)c3)ccc2[nH]1)C(C)C. The zero-order valence-electron chi connectivity index (χ0n) is 41.8. The number of likely N-dealkylation sites (tertiary alicyclic amines) is 2. The number of halogens is 2. The van der Waals surface area contributed by atoms with Crippen molar-refractivity contribution in [1.82, 2.24) is 40.4 Å². The van der Waals surface area contributed by atoms with E-state index in [4.69, 9.17) is 14.7 Å². The highest BCUT2D eigenvalue weighted by atomic mass is 19.1. The maximum atomic E-state index is 16.6. The molecule has 3 aromatic carbocycles. The van der Waals surface area contributed by atoms with Crippen molar-refractivity contribution in [2.24, 2.45) is 23.7 Å². The number of anilines is 2. The van der Waals surface area contributed by atoms with Crippen LogP contribution in [0.2, 0.25) is 0 Å². The molecule has 380 valence electrons. The first-order chi connectivity index (χ1) is 34.0. The van der Waals surface area contributed by atoms with Gasteiger partial charge in [0.25, 0.3) is 0 Å². The van der Waals surface area contributed by atoms with E-state index in [-0.39, 0.29) is 53.5 Å². The molecule has 4 amide bonds. The number of piperidine rings is 1. The number of imidazole rings is 2. The second kappa shape index (κ2) is 20.3. The fraction of sp³-hybridized carbons (Fsp3) is 0.547. The van der Waals surface area contributed by atoms with Crippen LogP contribution < -0.4 is 20.4 Å². The number of aromatic amines is 2. The highest BCUT2D eigenvalue weighted by molar-refractivity contribution is 5.87. The standard InChI is InChI=1S/C53H68F2N10O6/c1-28(2)31-18-22-62(23-19-31)47-35(54)26-34(27-36(47)55)65-41(32-12-14-37-39(24-32)58-48(56-37)43-10-8-20-63(43)50(66)45(29(3)4)60-52(68)69)16-17-42(65)33-13-15-38-40(25-33)59-49(57-38)44-11-9-21-64(44)51(67)46(30(5)6)61-53(70)71-7/h12-15,24-31,41-46,60H,8-11,16-23H2,1-7H3,(H,56,58)(H,57,59)(H,61,70)(H,68,69)/t41-,42-,43+,44+,45+,46+/m1/s1. The van der Waals surface area contributed by atoms with E-state index in [1.54, 1.807) is 9.80 Å². The molecule has 0 unspecified atom stereocenters. The Morgan fingerprint density at radius 1 is 0.662 bits per heavy atom. The van der Waals surface area contributed by atoms with Crippen molar-refractivity contribution in [1.29, 1.82) is 0 Å². The number of fused-ring (bicyclic) bond motifs is 2. The molecule has 71 heavy (non-hydrogen) atoms. The number of hydrogen-bond donors (Lipinski definition) is 5. The van der Waals surface area contributed by atoms with Gasteiger partial charge in [0.15, 0.2) is 11.6 Å². The lowest BCUT2D eigenvalue weighted by Gasteiger charge is -2.37. The first-order valence-corrected chi connectivity index (χ1v) is 25.5. The first kappa shape index (κ1) is 49.5. The third kappa shape index (κ3) is 9.82. The van der Waals surface area contributed by atoms with E-state index in [9.17, 15) is 24.3 Å². The molecule has 6 atom stereocenters. The Balaban J connectivity index is 1.04. The molecule has 0 radical (unpaired) electrons. The number of alkyl carbamates (subject to hydrolysis) is 1. The summed E-state index contributed by atoms with van der Waals surface area (Å²) in [6.45, 7) is 14.0. The number of H-pyrrole nitrogens is 2. The maximum Gasteiger partial charge on any atom is 0.407 e. The van der Waals surface area contributed by atoms with Crippen molar-refractivity contribution in [3.8, 4) is 0 Å². The molecule has 4 saturated heterocycles. The lowest BCUT2D eigenvalue weighted by molar-refractivity contribution is -0.136. The summed E-state index contributed by atoms with van der Waals surface area (Å²) in [7, 11) is 1.27. The topological polar surface area (TPSA) is 192 Å². The summed E-state index contributed by atoms with van der Waals surface area (Å²) in [5, 5.41) is 14.6. The van der Waals surface area contributed by atoms with E-state index in [2.05, 4.69) is 39.3 Å². The summed E-state index contributed by atoms with van der Waals surface area (Å²) in [5.41, 5.74) is 5.23. The average Bonchev–Trinajstić information content (AvgIpc) is 4.20. The van der Waals surface area contributed by atoms with Crippen molar-refractivity contribution in [3.63, 3.8) is 0 Å². The van der Waals surface area contributed by atoms with Gasteiger partial charge in [-0.2, -0.15) is 0 Å². The monoisotopic (exact) mass is 979 g/mol. The van der Waals surface area contributed by atoms with Gasteiger partial charge in [-0.3, -0.25) is 9.59 Å². The summed E-state index contributed by atoms with van der Waals surface area (Å²) in [4.78, 5) is 76.0. The molecule has 9 rings (SSSR count). The Bertz CT molecular complexity index is 2760. The minimum Gasteiger partial charge on any atom is -0.465 e. The molecule has 2 aromatic heterocycles. The third-order valence-electron chi connectivity index (χ3n) is 15.6. The quantitative estimate of drug-likeness (QED) is 0.0759. The maximum absolute atomic E-state index is 16.6. The van der Waals surface area contributed by atoms with Gasteiger partial charge in [0.2, 0.25) is 11.8 Å². The molecule has 0 bridgehead atoms. The first-order valence-electron chi connectivity index (χ1n) is 25.5. The number of carbonyl (C=O) groups excluding carboxylic acids is 3. The van der Waals surface area contributed by atoms with E-state index in [0.29, 0.717) is 92.1 Å². The van der Waals surface area contributed by atoms with Crippen LogP contribution in [0.15, 0.2) is 48.5 Å². The number of hydrogen-bond acceptors (Lipinski definition) is 9. The molecule has 0 spiro atoms. The molecule has 4 fully saturated rings. The van der Waals surface area contributed by atoms with Crippen LogP contribution >= 0.6 is 0 Å². The predicted octanol–water partition coefficient (Wildman–Crippen LogP) is 9.67. The van der Waals surface area contributed by atoms with E-state index in [0.717, 1.165) is 47.8 Å². The Morgan fingerprint density at radius 3 is 1.58 bits per heavy atom. The van der Waals surface area contributed by atoms with Crippen molar-refractivity contribution in [2.75, 3.05) is 43.1 Å². The normalized spacial score (nSPS) is 21.9. The Labute approximate surface area is 413 Å². The summed E-state index contributed by atoms with van der Waals surface area (Å²) in [6, 6.07) is 12.1. The Morgan fingerprint density at radius 2 is 1.14 bits per heavy atom. The fourth-order valence-corrected chi connectivity index (χ4v) is 11.8. The summed E-state index contributed by atoms with van der Waals surface area (Å²) < 4.78 is 38.1. The van der Waals surface area contributed by atoms with Crippen LogP contribution in [0.4, 0.5) is 29.7 Å². The van der Waals surface area contributed by atoms with Crippen molar-refractivity contribution < 1.29 is 37.8 Å². The van der Waals surface area contributed by atoms with Gasteiger partial charge in [0, 0.05) is 31.9 Å². The predicted molar refractivity (Wildman–Crippen MR) is 267 cm³/mol. The summed E-state index contributed by atoms with van der Waals surface area (Å²) >= 11 is 0. The van der Waals surface area contributed by atoms with Gasteiger partial charge in [0.05, 0.1) is 53.3 Å². The molecule has 0 aliphatic carbocycles. The molecule has 0 saturated carbocycles. The third-order valence-corrected chi connectivity index (χ3v) is 15.6. The van der Waals surface area contributed by atoms with Gasteiger partial charge in [0.1, 0.15) is 29.4 Å². The van der Waals surface area contributed by atoms with Crippen molar-refractivity contribution in [2.45, 2.75) is 129 Å². The molecule has 4 aliphatic heterocycles. The second-order valence-electron chi connectivity index (χ2n) is 21.0. The minimum absolute atomic E-state index is 0.0114. The van der Waals surface area contributed by atoms with E-state index in [1.807, 2.05) is 69.0 Å². The number of aromatic nitrogens is 4. The lowest BCUT2D eigenvalue weighted by Crippen LogP contribution is -2.51. The minimum atomic E-state index is -1.25. The molecule has 6 heterocycles. The van der Waals surface area contributed by atoms with Crippen LogP contribution in [0.1, 0.15) is 140 Å². The number of methoxy groups -OCH3 is 1. The van der Waals surface area contributed by atoms with Crippen LogP contribution in [-0.2, 0) is 14.3 Å². The summed E-state index contributed by atoms with van der Waals surface area (Å²) in [5.74, 6) is 0.181. The number of carboxylic acid groups (broad SMARTS) is 1. The number of amides is 4. The van der Waals surface area contributed by atoms with Gasteiger partial charge in [-0.1, -0.05) is 53.7 Å². The largest absolute Gasteiger partial charge is 0.465 e. The van der Waals surface area contributed by atoms with Gasteiger partial charge >= 0.3 is 12.2 Å². The van der Waals surface area contributed by atoms with Crippen molar-refractivity contribution in [3.05, 3.63) is 82.9 Å². The number of rotatable bonds is 13. The highest BCUT2D eigenvalue weighted by Gasteiger charge is 2.41. The summed E-state index contributed by atoms with van der Waals surface area (Å²) in [6.07, 6.45) is 4.06. The highest BCUT2D eigenvalue weighted by Crippen LogP contribution is 2.49. The lowest BCUT2D eigenvalue weighted by atomic mass is 9.86. The molecule has 16 nitrogen and oxygen atoms in total. The number of nitrogens with zero attached hydrogens (tertiary/aromatic N) is 6. The van der Waals surface area contributed by atoms with Crippen LogP contribution in [-0.4, -0.2) is 104 Å². The molecular weight excluding hydrogens is 911 g/mol. The van der Waals surface area contributed by atoms with E-state index < -0.39 is 35.9 Å². The Hall–Kier alpha value is -6.46. The molecule has 4 aliphatic rings. The van der Waals surface area contributed by atoms with Gasteiger partial charge in [-0.05, 0) is 123 Å². The van der Waals surface area contributed by atoms with Crippen LogP contribution in [0, 0.1) is 35.3 Å². The zero-order valence-corrected chi connectivity index (χ0v) is 41.8. The van der Waals surface area contributed by atoms with Gasteiger partial charge in [-0.15, -0.1) is 0 Å². The number of nitrogens with one attached hydrogen (secondary N) is 4. The van der Waals surface area contributed by atoms with Gasteiger partial charge < -0.3 is 50.0 Å². The van der Waals surface area contributed by atoms with E-state index >= 15 is 8.78 Å². The molecule has 5 aromatic rings. The number of benzene rings is 3. The van der Waals surface area contributed by atoms with Gasteiger partial charge in [-0.25, -0.2) is 28.3 Å². The fourth-order valence-electron chi connectivity index (χ4n) is 11.8.